The van der Waals surface area contributed by atoms with Crippen LogP contribution >= 0.6 is 15.9 Å². The summed E-state index contributed by atoms with van der Waals surface area (Å²) in [6, 6.07) is 7.21. The highest BCUT2D eigenvalue weighted by atomic mass is 79.9. The molecule has 0 fully saturated rings. The Hall–Kier alpha value is -1.29. The van der Waals surface area contributed by atoms with E-state index in [0.29, 0.717) is 16.5 Å². The Balaban J connectivity index is 2.51. The topological polar surface area (TPSA) is 12.9 Å². The lowest BCUT2D eigenvalue weighted by Gasteiger charge is -2.05. The number of hydrogen-bond acceptors (Lipinski definition) is 1. The van der Waals surface area contributed by atoms with E-state index >= 15 is 0 Å². The van der Waals surface area contributed by atoms with Gasteiger partial charge in [0, 0.05) is 22.7 Å². The van der Waals surface area contributed by atoms with Crippen molar-refractivity contribution in [1.82, 2.24) is 4.98 Å². The number of nitrogens with zero attached hydrogens (tertiary/aromatic N) is 1. The molecule has 0 amide bonds. The van der Waals surface area contributed by atoms with Crippen LogP contribution in [-0.4, -0.2) is 4.98 Å². The Morgan fingerprint density at radius 3 is 2.38 bits per heavy atom. The van der Waals surface area contributed by atoms with Crippen LogP contribution in [0, 0.1) is 11.6 Å². The fraction of sp³-hybridized carbons (Fsp3) is 0.0833. The number of halogens is 3. The van der Waals surface area contributed by atoms with Crippen molar-refractivity contribution in [3.63, 3.8) is 0 Å². The zero-order chi connectivity index (χ0) is 11.5. The highest BCUT2D eigenvalue weighted by Crippen LogP contribution is 2.23. The van der Waals surface area contributed by atoms with Gasteiger partial charge in [-0.15, -0.1) is 0 Å². The van der Waals surface area contributed by atoms with Gasteiger partial charge in [0.1, 0.15) is 11.5 Å². The van der Waals surface area contributed by atoms with Crippen LogP contribution in [0.15, 0.2) is 36.5 Å². The maximum atomic E-state index is 13.9. The molecule has 0 unspecified atom stereocenters. The zero-order valence-electron chi connectivity index (χ0n) is 8.25. The summed E-state index contributed by atoms with van der Waals surface area (Å²) in [5.74, 6) is -0.716. The molecule has 0 aliphatic carbocycles. The first-order chi connectivity index (χ1) is 7.72. The second-order valence-corrected chi connectivity index (χ2v) is 3.83. The minimum Gasteiger partial charge on any atom is -0.253 e. The Kier molecular flexibility index (Phi) is 3.29. The van der Waals surface area contributed by atoms with E-state index in [-0.39, 0.29) is 17.3 Å². The van der Waals surface area contributed by atoms with Crippen LogP contribution in [0.2, 0.25) is 0 Å². The number of rotatable bonds is 2. The van der Waals surface area contributed by atoms with Gasteiger partial charge < -0.3 is 0 Å². The van der Waals surface area contributed by atoms with Gasteiger partial charge in [0.05, 0.1) is 0 Å². The summed E-state index contributed by atoms with van der Waals surface area (Å²) in [4.78, 5) is 3.97. The molecule has 1 heterocycles. The van der Waals surface area contributed by atoms with Crippen LogP contribution in [-0.2, 0) is 5.33 Å². The van der Waals surface area contributed by atoms with Gasteiger partial charge >= 0.3 is 0 Å². The lowest BCUT2D eigenvalue weighted by molar-refractivity contribution is 0.614. The maximum absolute atomic E-state index is 13.9. The summed E-state index contributed by atoms with van der Waals surface area (Å²) < 4.78 is 26.6. The molecule has 0 bridgehead atoms. The Morgan fingerprint density at radius 2 is 1.75 bits per heavy atom. The van der Waals surface area contributed by atoms with E-state index in [1.807, 2.05) is 0 Å². The minimum absolute atomic E-state index is 0.247. The van der Waals surface area contributed by atoms with Gasteiger partial charge in [-0.05, 0) is 30.3 Å². The third-order valence-corrected chi connectivity index (χ3v) is 2.83. The molecule has 2 rings (SSSR count). The summed E-state index contributed by atoms with van der Waals surface area (Å²) in [5, 5.41) is 0.426. The molecule has 82 valence electrons. The minimum atomic E-state index is -0.369. The fourth-order valence-corrected chi connectivity index (χ4v) is 1.83. The van der Waals surface area contributed by atoms with Crippen LogP contribution in [0.4, 0.5) is 8.78 Å². The molecule has 0 atom stereocenters. The van der Waals surface area contributed by atoms with E-state index in [4.69, 9.17) is 0 Å². The molecule has 0 saturated heterocycles. The molecule has 0 N–H and O–H groups in total. The van der Waals surface area contributed by atoms with Crippen molar-refractivity contribution in [3.8, 4) is 11.3 Å². The van der Waals surface area contributed by atoms with Crippen LogP contribution in [0.25, 0.3) is 11.3 Å². The van der Waals surface area contributed by atoms with E-state index < -0.39 is 0 Å². The third-order valence-electron chi connectivity index (χ3n) is 2.23. The van der Waals surface area contributed by atoms with E-state index in [1.165, 1.54) is 24.3 Å². The average Bonchev–Trinajstić information content (AvgIpc) is 2.31. The second kappa shape index (κ2) is 4.70. The van der Waals surface area contributed by atoms with Gasteiger partial charge in [0.15, 0.2) is 5.82 Å². The molecule has 0 spiro atoms. The van der Waals surface area contributed by atoms with Crippen molar-refractivity contribution in [3.05, 3.63) is 53.7 Å². The summed E-state index contributed by atoms with van der Waals surface area (Å²) in [6.45, 7) is 0. The molecule has 1 aromatic heterocycles. The lowest BCUT2D eigenvalue weighted by Crippen LogP contribution is -1.94. The van der Waals surface area contributed by atoms with E-state index in [1.54, 1.807) is 12.3 Å². The molecular weight excluding hydrogens is 276 g/mol. The van der Waals surface area contributed by atoms with Gasteiger partial charge in [0.2, 0.25) is 0 Å². The molecule has 4 heteroatoms. The summed E-state index contributed by atoms with van der Waals surface area (Å²) >= 11 is 3.20. The van der Waals surface area contributed by atoms with Gasteiger partial charge in [-0.2, -0.15) is 0 Å². The number of hydrogen-bond donors (Lipinski definition) is 0. The Bertz CT molecular complexity index is 497. The van der Waals surface area contributed by atoms with E-state index in [9.17, 15) is 8.78 Å². The highest BCUT2D eigenvalue weighted by Gasteiger charge is 2.10. The Morgan fingerprint density at radius 1 is 1.06 bits per heavy atom. The average molecular weight is 284 g/mol. The normalized spacial score (nSPS) is 10.4. The number of aromatic nitrogens is 1. The zero-order valence-corrected chi connectivity index (χ0v) is 9.84. The van der Waals surface area contributed by atoms with Crippen molar-refractivity contribution in [2.24, 2.45) is 0 Å². The van der Waals surface area contributed by atoms with E-state index in [0.717, 1.165) is 0 Å². The van der Waals surface area contributed by atoms with Crippen molar-refractivity contribution >= 4 is 15.9 Å². The van der Waals surface area contributed by atoms with Crippen LogP contribution in [0.1, 0.15) is 5.56 Å². The molecule has 0 aliphatic heterocycles. The molecule has 0 radical (unpaired) electrons. The first-order valence-corrected chi connectivity index (χ1v) is 5.80. The highest BCUT2D eigenvalue weighted by molar-refractivity contribution is 9.08. The number of pyridine rings is 1. The van der Waals surface area contributed by atoms with Crippen LogP contribution in [0.3, 0.4) is 0 Å². The molecule has 16 heavy (non-hydrogen) atoms. The summed E-state index contributed by atoms with van der Waals surface area (Å²) in [7, 11) is 0. The molecule has 1 nitrogen and oxygen atoms in total. The summed E-state index contributed by atoms with van der Waals surface area (Å²) in [5.41, 5.74) is 1.35. The van der Waals surface area contributed by atoms with E-state index in [2.05, 4.69) is 20.9 Å². The maximum Gasteiger partial charge on any atom is 0.153 e. The first kappa shape index (κ1) is 11.2. The van der Waals surface area contributed by atoms with Crippen molar-refractivity contribution in [2.45, 2.75) is 5.33 Å². The van der Waals surface area contributed by atoms with Crippen molar-refractivity contribution in [1.29, 1.82) is 0 Å². The smallest absolute Gasteiger partial charge is 0.153 e. The predicted molar refractivity (Wildman–Crippen MR) is 62.2 cm³/mol. The standard InChI is InChI=1S/C12H8BrF2N/c13-7-9-5-6-16-12(11(9)15)8-1-3-10(14)4-2-8/h1-6H,7H2. The Labute approximate surface area is 100 Å². The number of alkyl halides is 1. The summed E-state index contributed by atoms with van der Waals surface area (Å²) in [6.07, 6.45) is 1.54. The largest absolute Gasteiger partial charge is 0.253 e. The predicted octanol–water partition coefficient (Wildman–Crippen LogP) is 3.92. The molecule has 0 aliphatic rings. The molecule has 1 aromatic carbocycles. The second-order valence-electron chi connectivity index (χ2n) is 3.27. The molecule has 0 saturated carbocycles. The SMILES string of the molecule is Fc1ccc(-c2nccc(CBr)c2F)cc1. The van der Waals surface area contributed by atoms with Gasteiger partial charge in [-0.1, -0.05) is 15.9 Å². The van der Waals surface area contributed by atoms with Crippen LogP contribution in [0.5, 0.6) is 0 Å². The van der Waals surface area contributed by atoms with Crippen molar-refractivity contribution < 1.29 is 8.78 Å². The van der Waals surface area contributed by atoms with Gasteiger partial charge in [-0.25, -0.2) is 8.78 Å². The third kappa shape index (κ3) is 2.11. The first-order valence-electron chi connectivity index (χ1n) is 4.67. The number of benzene rings is 1. The molecule has 2 aromatic rings. The quantitative estimate of drug-likeness (QED) is 0.762. The van der Waals surface area contributed by atoms with Crippen molar-refractivity contribution in [2.75, 3.05) is 0 Å². The monoisotopic (exact) mass is 283 g/mol. The molecular formula is C12H8BrF2N. The van der Waals surface area contributed by atoms with Gasteiger partial charge in [-0.3, -0.25) is 4.98 Å². The fourth-order valence-electron chi connectivity index (χ4n) is 1.40. The van der Waals surface area contributed by atoms with Crippen LogP contribution < -0.4 is 0 Å². The lowest BCUT2D eigenvalue weighted by atomic mass is 10.1. The van der Waals surface area contributed by atoms with Gasteiger partial charge in [0.25, 0.3) is 0 Å².